The highest BCUT2D eigenvalue weighted by molar-refractivity contribution is 6.30. The Morgan fingerprint density at radius 3 is 2.75 bits per heavy atom. The van der Waals surface area contributed by atoms with Crippen LogP contribution in [0.1, 0.15) is 38.7 Å². The molecule has 2 atom stereocenters. The first-order chi connectivity index (χ1) is 11.6. The minimum Gasteiger partial charge on any atom is -0.381 e. The SMILES string of the molecule is CCNC(=NCC1(c2cccc(Cl)c2)CCOCC1)NC1CC1C. The molecular formula is C19H28ClN3O. The number of ether oxygens (including phenoxy) is 1. The van der Waals surface area contributed by atoms with Gasteiger partial charge in [0.2, 0.25) is 0 Å². The third-order valence-electron chi connectivity index (χ3n) is 5.20. The lowest BCUT2D eigenvalue weighted by Gasteiger charge is -2.36. The molecule has 2 fully saturated rings. The van der Waals surface area contributed by atoms with E-state index >= 15 is 0 Å². The molecular weight excluding hydrogens is 322 g/mol. The summed E-state index contributed by atoms with van der Waals surface area (Å²) in [5.41, 5.74) is 1.29. The Hall–Kier alpha value is -1.26. The molecule has 2 N–H and O–H groups in total. The van der Waals surface area contributed by atoms with Gasteiger partial charge in [-0.1, -0.05) is 30.7 Å². The normalized spacial score (nSPS) is 26.0. The maximum atomic E-state index is 6.24. The first-order valence-electron chi connectivity index (χ1n) is 9.01. The van der Waals surface area contributed by atoms with Gasteiger partial charge in [-0.3, -0.25) is 4.99 Å². The van der Waals surface area contributed by atoms with Crippen molar-refractivity contribution in [2.75, 3.05) is 26.3 Å². The Balaban J connectivity index is 1.79. The second-order valence-corrected chi connectivity index (χ2v) is 7.50. The summed E-state index contributed by atoms with van der Waals surface area (Å²) in [6, 6.07) is 8.80. The van der Waals surface area contributed by atoms with Crippen molar-refractivity contribution in [1.29, 1.82) is 0 Å². The van der Waals surface area contributed by atoms with E-state index in [2.05, 4.69) is 36.6 Å². The van der Waals surface area contributed by atoms with Gasteiger partial charge in [0, 0.05) is 36.2 Å². The number of nitrogens with one attached hydrogen (secondary N) is 2. The summed E-state index contributed by atoms with van der Waals surface area (Å²) >= 11 is 6.24. The van der Waals surface area contributed by atoms with Crippen LogP contribution in [0.25, 0.3) is 0 Å². The van der Waals surface area contributed by atoms with Crippen molar-refractivity contribution in [2.45, 2.75) is 44.6 Å². The fourth-order valence-corrected chi connectivity index (χ4v) is 3.56. The molecule has 5 heteroatoms. The summed E-state index contributed by atoms with van der Waals surface area (Å²) in [6.07, 6.45) is 3.20. The van der Waals surface area contributed by atoms with E-state index in [4.69, 9.17) is 21.3 Å². The van der Waals surface area contributed by atoms with Gasteiger partial charge in [-0.2, -0.15) is 0 Å². The Morgan fingerprint density at radius 1 is 1.38 bits per heavy atom. The monoisotopic (exact) mass is 349 g/mol. The quantitative estimate of drug-likeness (QED) is 0.633. The Kier molecular flexibility index (Phi) is 5.67. The van der Waals surface area contributed by atoms with Crippen LogP contribution in [0.4, 0.5) is 0 Å². The molecule has 1 aromatic carbocycles. The average molecular weight is 350 g/mol. The van der Waals surface area contributed by atoms with E-state index in [9.17, 15) is 0 Å². The van der Waals surface area contributed by atoms with Gasteiger partial charge < -0.3 is 15.4 Å². The predicted octanol–water partition coefficient (Wildman–Crippen LogP) is 3.35. The number of nitrogens with zero attached hydrogens (tertiary/aromatic N) is 1. The molecule has 1 saturated carbocycles. The van der Waals surface area contributed by atoms with Crippen LogP contribution in [0, 0.1) is 5.92 Å². The Bertz CT molecular complexity index is 584. The number of aliphatic imine (C=N–C) groups is 1. The molecule has 0 radical (unpaired) electrons. The lowest BCUT2D eigenvalue weighted by atomic mass is 9.74. The minimum absolute atomic E-state index is 0.0146. The molecule has 0 aromatic heterocycles. The first-order valence-corrected chi connectivity index (χ1v) is 9.39. The van der Waals surface area contributed by atoms with Crippen LogP contribution >= 0.6 is 11.6 Å². The first kappa shape index (κ1) is 17.6. The zero-order valence-corrected chi connectivity index (χ0v) is 15.4. The summed E-state index contributed by atoms with van der Waals surface area (Å²) in [7, 11) is 0. The third kappa shape index (κ3) is 4.22. The predicted molar refractivity (Wildman–Crippen MR) is 99.9 cm³/mol. The van der Waals surface area contributed by atoms with E-state index < -0.39 is 0 Å². The van der Waals surface area contributed by atoms with E-state index in [1.807, 2.05) is 12.1 Å². The summed E-state index contributed by atoms with van der Waals surface area (Å²) in [5, 5.41) is 7.71. The molecule has 1 saturated heterocycles. The number of hydrogen-bond acceptors (Lipinski definition) is 2. The highest BCUT2D eigenvalue weighted by Crippen LogP contribution is 2.36. The van der Waals surface area contributed by atoms with E-state index in [0.29, 0.717) is 6.04 Å². The number of hydrogen-bond donors (Lipinski definition) is 2. The zero-order valence-electron chi connectivity index (χ0n) is 14.6. The van der Waals surface area contributed by atoms with Crippen molar-refractivity contribution in [3.8, 4) is 0 Å². The molecule has 132 valence electrons. The number of guanidine groups is 1. The zero-order chi connectivity index (χ0) is 17.0. The van der Waals surface area contributed by atoms with E-state index in [1.165, 1.54) is 12.0 Å². The molecule has 0 amide bonds. The molecule has 0 spiro atoms. The van der Waals surface area contributed by atoms with Crippen molar-refractivity contribution in [3.05, 3.63) is 34.9 Å². The molecule has 1 aromatic rings. The van der Waals surface area contributed by atoms with Gasteiger partial charge in [-0.25, -0.2) is 0 Å². The Morgan fingerprint density at radius 2 is 2.12 bits per heavy atom. The molecule has 2 aliphatic rings. The molecule has 24 heavy (non-hydrogen) atoms. The molecule has 3 rings (SSSR count). The van der Waals surface area contributed by atoms with E-state index in [0.717, 1.165) is 56.0 Å². The van der Waals surface area contributed by atoms with Crippen LogP contribution < -0.4 is 10.6 Å². The fraction of sp³-hybridized carbons (Fsp3) is 0.632. The van der Waals surface area contributed by atoms with Gasteiger partial charge in [0.05, 0.1) is 6.54 Å². The summed E-state index contributed by atoms with van der Waals surface area (Å²) in [5.74, 6) is 1.68. The number of rotatable bonds is 5. The van der Waals surface area contributed by atoms with Crippen molar-refractivity contribution in [1.82, 2.24) is 10.6 Å². The van der Waals surface area contributed by atoms with Gasteiger partial charge in [0.25, 0.3) is 0 Å². The molecule has 1 heterocycles. The van der Waals surface area contributed by atoms with E-state index in [1.54, 1.807) is 0 Å². The van der Waals surface area contributed by atoms with Crippen molar-refractivity contribution in [2.24, 2.45) is 10.9 Å². The van der Waals surface area contributed by atoms with Crippen LogP contribution in [0.2, 0.25) is 5.02 Å². The van der Waals surface area contributed by atoms with Crippen LogP contribution in [-0.4, -0.2) is 38.3 Å². The standard InChI is InChI=1S/C19H28ClN3O/c1-3-21-18(23-17-11-14(17)2)22-13-19(7-9-24-10-8-19)15-5-4-6-16(20)12-15/h4-6,12,14,17H,3,7-11,13H2,1-2H3,(H2,21,22,23). The molecule has 4 nitrogen and oxygen atoms in total. The van der Waals surface area contributed by atoms with Gasteiger partial charge >= 0.3 is 0 Å². The van der Waals surface area contributed by atoms with Crippen LogP contribution in [-0.2, 0) is 10.2 Å². The Labute approximate surface area is 150 Å². The number of halogens is 1. The van der Waals surface area contributed by atoms with Crippen LogP contribution in [0.5, 0.6) is 0 Å². The third-order valence-corrected chi connectivity index (χ3v) is 5.44. The lowest BCUT2D eigenvalue weighted by Crippen LogP contribution is -2.42. The van der Waals surface area contributed by atoms with Gasteiger partial charge in [-0.15, -0.1) is 0 Å². The second-order valence-electron chi connectivity index (χ2n) is 7.06. The molecule has 1 aliphatic heterocycles. The van der Waals surface area contributed by atoms with Gasteiger partial charge in [-0.05, 0) is 49.8 Å². The topological polar surface area (TPSA) is 45.7 Å². The van der Waals surface area contributed by atoms with Crippen molar-refractivity contribution >= 4 is 17.6 Å². The number of benzene rings is 1. The van der Waals surface area contributed by atoms with Crippen LogP contribution in [0.3, 0.4) is 0 Å². The molecule has 0 bridgehead atoms. The minimum atomic E-state index is 0.0146. The average Bonchev–Trinajstić information content (AvgIpc) is 3.28. The van der Waals surface area contributed by atoms with Crippen molar-refractivity contribution < 1.29 is 4.74 Å². The molecule has 1 aliphatic carbocycles. The van der Waals surface area contributed by atoms with Gasteiger partial charge in [0.15, 0.2) is 5.96 Å². The summed E-state index contributed by atoms with van der Waals surface area (Å²) in [6.45, 7) is 7.58. The fourth-order valence-electron chi connectivity index (χ4n) is 3.37. The lowest BCUT2D eigenvalue weighted by molar-refractivity contribution is 0.0531. The highest BCUT2D eigenvalue weighted by Gasteiger charge is 2.36. The van der Waals surface area contributed by atoms with Crippen molar-refractivity contribution in [3.63, 3.8) is 0 Å². The second kappa shape index (κ2) is 7.75. The maximum absolute atomic E-state index is 6.24. The molecule has 2 unspecified atom stereocenters. The van der Waals surface area contributed by atoms with Gasteiger partial charge in [0.1, 0.15) is 0 Å². The smallest absolute Gasteiger partial charge is 0.191 e. The highest BCUT2D eigenvalue weighted by atomic mass is 35.5. The largest absolute Gasteiger partial charge is 0.381 e. The summed E-state index contributed by atoms with van der Waals surface area (Å²) < 4.78 is 5.61. The van der Waals surface area contributed by atoms with E-state index in [-0.39, 0.29) is 5.41 Å². The van der Waals surface area contributed by atoms with Crippen LogP contribution in [0.15, 0.2) is 29.3 Å². The maximum Gasteiger partial charge on any atom is 0.191 e. The summed E-state index contributed by atoms with van der Waals surface area (Å²) in [4.78, 5) is 4.93.